The molecule has 3 saturated heterocycles. The number of hydrogen-bond acceptors (Lipinski definition) is 9. The molecule has 10 nitrogen and oxygen atoms in total. The largest absolute Gasteiger partial charge is 0.459 e. The number of esters is 2. The van der Waals surface area contributed by atoms with E-state index >= 15 is 0 Å². The summed E-state index contributed by atoms with van der Waals surface area (Å²) in [7, 11) is 0. The molecule has 3 fully saturated rings. The molecule has 0 aromatic heterocycles. The molecule has 1 spiro atoms. The fraction of sp³-hybridized carbons (Fsp3) is 0.559. The van der Waals surface area contributed by atoms with Crippen molar-refractivity contribution < 1.29 is 65.1 Å². The fourth-order valence-electron chi connectivity index (χ4n) is 5.90. The van der Waals surface area contributed by atoms with Gasteiger partial charge in [-0.05, 0) is 45.6 Å². The highest BCUT2D eigenvalue weighted by Crippen LogP contribution is 2.43. The Kier molecular flexibility index (Phi) is 12.4. The molecule has 0 radical (unpaired) electrons. The number of carbonyl (C=O) groups is 3. The number of ether oxygens (including phenoxy) is 5. The van der Waals surface area contributed by atoms with Crippen molar-refractivity contribution in [3.63, 3.8) is 0 Å². The zero-order valence-corrected chi connectivity index (χ0v) is 27.6. The Bertz CT molecular complexity index is 1480. The number of carbonyl (C=O) groups excluding carboxylic acids is 3. The lowest BCUT2D eigenvalue weighted by Crippen LogP contribution is -2.50. The number of aliphatic hydroxyl groups excluding tert-OH is 1. The van der Waals surface area contributed by atoms with E-state index in [9.17, 15) is 41.4 Å². The van der Waals surface area contributed by atoms with Crippen molar-refractivity contribution in [2.75, 3.05) is 6.61 Å². The molecule has 9 atom stereocenters. The van der Waals surface area contributed by atoms with Crippen molar-refractivity contribution in [2.45, 2.75) is 109 Å². The van der Waals surface area contributed by atoms with Gasteiger partial charge < -0.3 is 34.1 Å². The van der Waals surface area contributed by atoms with Crippen molar-refractivity contribution in [1.82, 2.24) is 5.32 Å². The summed E-state index contributed by atoms with van der Waals surface area (Å²) in [6.45, 7) is 8.83. The number of nitrogens with one attached hydrogen (secondary N) is 1. The molecule has 0 aliphatic carbocycles. The van der Waals surface area contributed by atoms with Crippen LogP contribution in [0, 0.1) is 35.0 Å². The highest BCUT2D eigenvalue weighted by molar-refractivity contribution is 5.87. The van der Waals surface area contributed by atoms with E-state index in [2.05, 4.69) is 10.1 Å². The Balaban J connectivity index is 1.31. The summed E-state index contributed by atoms with van der Waals surface area (Å²) in [6.07, 6.45) is 4.73. The molecule has 3 aliphatic heterocycles. The minimum absolute atomic E-state index is 0.0275. The van der Waals surface area contributed by atoms with Crippen LogP contribution in [0.15, 0.2) is 36.0 Å². The molecule has 2 N–H and O–H groups in total. The molecule has 3 aliphatic rings. The first-order valence-electron chi connectivity index (χ1n) is 15.9. The first kappa shape index (κ1) is 38.1. The SMILES string of the molecule is CC(=O)O[C@@H](C)/C=C\C(=O)N[C@@H]1C[C@H](C)[C@H](C/C=C(C)/C=C/[C@H]2O[C@H](CC(=O)Oc3c(F)c(F)c(F)c(F)c3F)C[C@@]3(CO3)[C@@H]2O)O[C@@H]1C. The number of aliphatic hydroxyl groups is 1. The Morgan fingerprint density at radius 2 is 1.65 bits per heavy atom. The molecule has 1 aromatic carbocycles. The Morgan fingerprint density at radius 3 is 2.27 bits per heavy atom. The standard InChI is InChI=1S/C34H40F5NO9/c1-16(6-9-23-17(2)12-22(19(4)47-23)40-25(42)11-8-18(3)46-20(5)41)7-10-24-33(44)34(15-45-34)14-21(48-24)13-26(43)49-32-30(38)28(36)27(35)29(37)31(32)39/h6-8,10-11,17-19,21-24,33,44H,9,12-15H2,1-5H3,(H,40,42)/b10-7+,11-8-,16-6+/t17-,18-,19+,21+,22+,23-,24+,33+,34+/m0/s1. The third-order valence-electron chi connectivity index (χ3n) is 8.70. The van der Waals surface area contributed by atoms with Gasteiger partial charge in [0.15, 0.2) is 0 Å². The Labute approximate surface area is 280 Å². The lowest BCUT2D eigenvalue weighted by atomic mass is 9.87. The minimum Gasteiger partial charge on any atom is -0.459 e. The normalized spacial score (nSPS) is 30.8. The van der Waals surface area contributed by atoms with Gasteiger partial charge >= 0.3 is 11.9 Å². The van der Waals surface area contributed by atoms with Gasteiger partial charge in [-0.3, -0.25) is 14.4 Å². The van der Waals surface area contributed by atoms with Gasteiger partial charge in [0.1, 0.15) is 23.9 Å². The summed E-state index contributed by atoms with van der Waals surface area (Å²) >= 11 is 0. The van der Waals surface area contributed by atoms with Gasteiger partial charge in [0, 0.05) is 19.4 Å². The zero-order valence-electron chi connectivity index (χ0n) is 27.6. The number of hydrogen-bond donors (Lipinski definition) is 2. The van der Waals surface area contributed by atoms with E-state index in [4.69, 9.17) is 18.9 Å². The van der Waals surface area contributed by atoms with Gasteiger partial charge in [-0.1, -0.05) is 30.7 Å². The van der Waals surface area contributed by atoms with E-state index in [0.29, 0.717) is 12.8 Å². The second-order valence-corrected chi connectivity index (χ2v) is 12.7. The number of epoxide rings is 1. The number of amides is 1. The van der Waals surface area contributed by atoms with Crippen LogP contribution in [-0.2, 0) is 33.3 Å². The maximum Gasteiger partial charge on any atom is 0.314 e. The van der Waals surface area contributed by atoms with Crippen molar-refractivity contribution in [1.29, 1.82) is 0 Å². The van der Waals surface area contributed by atoms with Crippen molar-refractivity contribution in [3.05, 3.63) is 65.0 Å². The van der Waals surface area contributed by atoms with Crippen LogP contribution in [0.1, 0.15) is 60.3 Å². The van der Waals surface area contributed by atoms with E-state index in [1.165, 1.54) is 19.1 Å². The van der Waals surface area contributed by atoms with Crippen LogP contribution >= 0.6 is 0 Å². The summed E-state index contributed by atoms with van der Waals surface area (Å²) in [6, 6.07) is -0.222. The molecule has 270 valence electrons. The van der Waals surface area contributed by atoms with Crippen LogP contribution < -0.4 is 10.1 Å². The average molecular weight is 702 g/mol. The molecule has 0 saturated carbocycles. The van der Waals surface area contributed by atoms with E-state index in [-0.39, 0.29) is 43.1 Å². The summed E-state index contributed by atoms with van der Waals surface area (Å²) in [4.78, 5) is 35.9. The number of allylic oxidation sites excluding steroid dienone is 2. The molecule has 15 heteroatoms. The molecule has 1 aromatic rings. The van der Waals surface area contributed by atoms with E-state index in [1.807, 2.05) is 26.8 Å². The third kappa shape index (κ3) is 9.53. The number of benzene rings is 1. The predicted octanol–water partition coefficient (Wildman–Crippen LogP) is 4.66. The van der Waals surface area contributed by atoms with Gasteiger partial charge in [0.25, 0.3) is 0 Å². The lowest BCUT2D eigenvalue weighted by Gasteiger charge is -2.39. The molecular weight excluding hydrogens is 661 g/mol. The first-order chi connectivity index (χ1) is 23.0. The minimum atomic E-state index is -2.38. The molecule has 1 amide bonds. The maximum absolute atomic E-state index is 14.0. The topological polar surface area (TPSA) is 133 Å². The van der Waals surface area contributed by atoms with Gasteiger partial charge in [0.2, 0.25) is 40.7 Å². The second kappa shape index (κ2) is 15.9. The summed E-state index contributed by atoms with van der Waals surface area (Å²) in [5.41, 5.74) is -0.218. The second-order valence-electron chi connectivity index (χ2n) is 12.7. The number of rotatable bonds is 11. The number of halogens is 5. The van der Waals surface area contributed by atoms with E-state index in [1.54, 1.807) is 19.1 Å². The molecule has 3 heterocycles. The Hall–Kier alpha value is -3.66. The van der Waals surface area contributed by atoms with E-state index in [0.717, 1.165) is 5.57 Å². The summed E-state index contributed by atoms with van der Waals surface area (Å²) in [5, 5.41) is 13.8. The highest BCUT2D eigenvalue weighted by atomic mass is 19.2. The van der Waals surface area contributed by atoms with Gasteiger partial charge in [-0.15, -0.1) is 0 Å². The van der Waals surface area contributed by atoms with Crippen LogP contribution in [0.5, 0.6) is 5.75 Å². The van der Waals surface area contributed by atoms with Crippen molar-refractivity contribution in [2.24, 2.45) is 5.92 Å². The molecule has 4 rings (SSSR count). The monoisotopic (exact) mass is 701 g/mol. The van der Waals surface area contributed by atoms with Crippen LogP contribution in [-0.4, -0.2) is 77.8 Å². The summed E-state index contributed by atoms with van der Waals surface area (Å²) in [5.74, 6) is -15.1. The van der Waals surface area contributed by atoms with Crippen molar-refractivity contribution in [3.8, 4) is 5.75 Å². The average Bonchev–Trinajstić information content (AvgIpc) is 3.81. The molecule has 49 heavy (non-hydrogen) atoms. The van der Waals surface area contributed by atoms with Crippen LogP contribution in [0.4, 0.5) is 22.0 Å². The van der Waals surface area contributed by atoms with Gasteiger partial charge in [-0.25, -0.2) is 13.2 Å². The highest BCUT2D eigenvalue weighted by Gasteiger charge is 2.58. The predicted molar refractivity (Wildman–Crippen MR) is 162 cm³/mol. The van der Waals surface area contributed by atoms with Crippen LogP contribution in [0.25, 0.3) is 0 Å². The lowest BCUT2D eigenvalue weighted by molar-refractivity contribution is -0.153. The molecular formula is C34H40F5NO9. The fourth-order valence-corrected chi connectivity index (χ4v) is 5.90. The molecule has 0 unspecified atom stereocenters. The van der Waals surface area contributed by atoms with Crippen LogP contribution in [0.2, 0.25) is 0 Å². The molecule has 0 bridgehead atoms. The van der Waals surface area contributed by atoms with E-state index < -0.39 is 83.2 Å². The Morgan fingerprint density at radius 1 is 1.02 bits per heavy atom. The summed E-state index contributed by atoms with van der Waals surface area (Å²) < 4.78 is 95.4. The first-order valence-corrected chi connectivity index (χ1v) is 15.9. The maximum atomic E-state index is 14.0. The van der Waals surface area contributed by atoms with Crippen LogP contribution in [0.3, 0.4) is 0 Å². The van der Waals surface area contributed by atoms with Gasteiger partial charge in [-0.2, -0.15) is 8.78 Å². The smallest absolute Gasteiger partial charge is 0.314 e. The third-order valence-corrected chi connectivity index (χ3v) is 8.70. The van der Waals surface area contributed by atoms with Gasteiger partial charge in [0.05, 0.1) is 37.4 Å². The zero-order chi connectivity index (χ0) is 36.2. The van der Waals surface area contributed by atoms with Crippen molar-refractivity contribution >= 4 is 17.8 Å². The quantitative estimate of drug-likeness (QED) is 0.0494.